The van der Waals surface area contributed by atoms with Crippen LogP contribution in [-0.2, 0) is 6.42 Å². The van der Waals surface area contributed by atoms with Crippen molar-refractivity contribution >= 4 is 11.6 Å². The second-order valence-electron chi connectivity index (χ2n) is 4.37. The molecule has 0 saturated heterocycles. The molecule has 18 heavy (non-hydrogen) atoms. The molecule has 1 heterocycles. The molecule has 0 aliphatic carbocycles. The van der Waals surface area contributed by atoms with Crippen molar-refractivity contribution in [3.63, 3.8) is 0 Å². The monoisotopic (exact) mass is 260 g/mol. The Kier molecular flexibility index (Phi) is 4.34. The molecule has 0 aliphatic heterocycles. The molecule has 1 aromatic carbocycles. The number of halogens is 1. The highest BCUT2D eigenvalue weighted by Crippen LogP contribution is 2.20. The van der Waals surface area contributed by atoms with Crippen LogP contribution < -0.4 is 5.73 Å². The van der Waals surface area contributed by atoms with Gasteiger partial charge in [-0.05, 0) is 29.7 Å². The number of hydrogen-bond acceptors (Lipinski definition) is 2. The molecule has 2 rings (SSSR count). The maximum absolute atomic E-state index is 6.23. The number of pyridine rings is 1. The lowest BCUT2D eigenvalue weighted by molar-refractivity contribution is 0.822. The van der Waals surface area contributed by atoms with Crippen molar-refractivity contribution in [2.45, 2.75) is 25.8 Å². The normalized spacial score (nSPS) is 12.4. The van der Waals surface area contributed by atoms with Gasteiger partial charge in [0, 0.05) is 6.20 Å². The summed E-state index contributed by atoms with van der Waals surface area (Å²) in [6, 6.07) is 11.9. The minimum absolute atomic E-state index is 0.195. The summed E-state index contributed by atoms with van der Waals surface area (Å²) in [5.41, 5.74) is 9.48. The highest BCUT2D eigenvalue weighted by atomic mass is 35.5. The average molecular weight is 261 g/mol. The standard InChI is InChI=1S/C15H17ClN2/c1-2-4-11-5-3-6-12(9-11)15(17)14-8-7-13(16)10-18-14/h3,5-10,15H,2,4,17H2,1H3. The van der Waals surface area contributed by atoms with Gasteiger partial charge in [0.15, 0.2) is 0 Å². The summed E-state index contributed by atoms with van der Waals surface area (Å²) in [6.45, 7) is 2.17. The number of rotatable bonds is 4. The first-order valence-electron chi connectivity index (χ1n) is 6.16. The number of benzene rings is 1. The topological polar surface area (TPSA) is 38.9 Å². The van der Waals surface area contributed by atoms with Crippen LogP contribution in [0.4, 0.5) is 0 Å². The Morgan fingerprint density at radius 2 is 2.11 bits per heavy atom. The van der Waals surface area contributed by atoms with E-state index >= 15 is 0 Å². The molecule has 0 bridgehead atoms. The van der Waals surface area contributed by atoms with Gasteiger partial charge in [-0.25, -0.2) is 0 Å². The largest absolute Gasteiger partial charge is 0.319 e. The van der Waals surface area contributed by atoms with Crippen molar-refractivity contribution in [2.24, 2.45) is 5.73 Å². The van der Waals surface area contributed by atoms with Crippen LogP contribution in [0.2, 0.25) is 5.02 Å². The highest BCUT2D eigenvalue weighted by molar-refractivity contribution is 6.30. The zero-order chi connectivity index (χ0) is 13.0. The fourth-order valence-electron chi connectivity index (χ4n) is 1.97. The maximum Gasteiger partial charge on any atom is 0.0726 e. The van der Waals surface area contributed by atoms with Crippen molar-refractivity contribution in [3.05, 3.63) is 64.4 Å². The van der Waals surface area contributed by atoms with Crippen molar-refractivity contribution < 1.29 is 0 Å². The van der Waals surface area contributed by atoms with E-state index in [4.69, 9.17) is 17.3 Å². The number of hydrogen-bond donors (Lipinski definition) is 1. The van der Waals surface area contributed by atoms with Crippen LogP contribution in [0.5, 0.6) is 0 Å². The van der Waals surface area contributed by atoms with Crippen molar-refractivity contribution in [1.29, 1.82) is 0 Å². The molecule has 0 aliphatic rings. The van der Waals surface area contributed by atoms with Crippen LogP contribution >= 0.6 is 11.6 Å². The van der Waals surface area contributed by atoms with Gasteiger partial charge < -0.3 is 5.73 Å². The molecule has 1 unspecified atom stereocenters. The number of aromatic nitrogens is 1. The smallest absolute Gasteiger partial charge is 0.0726 e. The summed E-state index contributed by atoms with van der Waals surface area (Å²) in [4.78, 5) is 4.27. The number of nitrogens with two attached hydrogens (primary N) is 1. The van der Waals surface area contributed by atoms with Gasteiger partial charge in [-0.1, -0.05) is 49.2 Å². The summed E-state index contributed by atoms with van der Waals surface area (Å²) in [7, 11) is 0. The molecule has 94 valence electrons. The molecule has 1 atom stereocenters. The van der Waals surface area contributed by atoms with E-state index in [1.54, 1.807) is 6.20 Å². The van der Waals surface area contributed by atoms with Crippen molar-refractivity contribution in [1.82, 2.24) is 4.98 Å². The minimum Gasteiger partial charge on any atom is -0.319 e. The molecule has 2 N–H and O–H groups in total. The van der Waals surface area contributed by atoms with Gasteiger partial charge in [0.1, 0.15) is 0 Å². The molecule has 2 aromatic rings. The Bertz CT molecular complexity index is 508. The molecular weight excluding hydrogens is 244 g/mol. The van der Waals surface area contributed by atoms with Crippen LogP contribution in [0.25, 0.3) is 0 Å². The van der Waals surface area contributed by atoms with E-state index in [-0.39, 0.29) is 6.04 Å². The Morgan fingerprint density at radius 3 is 2.78 bits per heavy atom. The Hall–Kier alpha value is -1.38. The van der Waals surface area contributed by atoms with E-state index in [1.165, 1.54) is 5.56 Å². The van der Waals surface area contributed by atoms with Gasteiger partial charge in [-0.15, -0.1) is 0 Å². The molecule has 1 aromatic heterocycles. The molecule has 0 spiro atoms. The number of nitrogens with zero attached hydrogens (tertiary/aromatic N) is 1. The summed E-state index contributed by atoms with van der Waals surface area (Å²) in [5.74, 6) is 0. The zero-order valence-corrected chi connectivity index (χ0v) is 11.2. The fraction of sp³-hybridized carbons (Fsp3) is 0.267. The van der Waals surface area contributed by atoms with Gasteiger partial charge in [-0.3, -0.25) is 4.98 Å². The predicted molar refractivity (Wildman–Crippen MR) is 75.7 cm³/mol. The highest BCUT2D eigenvalue weighted by Gasteiger charge is 2.10. The predicted octanol–water partition coefficient (Wildman–Crippen LogP) is 3.74. The first-order chi connectivity index (χ1) is 8.70. The summed E-state index contributed by atoms with van der Waals surface area (Å²) in [6.07, 6.45) is 3.85. The summed E-state index contributed by atoms with van der Waals surface area (Å²) >= 11 is 5.83. The Balaban J connectivity index is 2.24. The van der Waals surface area contributed by atoms with Gasteiger partial charge in [0.2, 0.25) is 0 Å². The van der Waals surface area contributed by atoms with Crippen LogP contribution in [0.3, 0.4) is 0 Å². The van der Waals surface area contributed by atoms with Crippen molar-refractivity contribution in [3.8, 4) is 0 Å². The molecule has 0 amide bonds. The van der Waals surface area contributed by atoms with Gasteiger partial charge in [0.25, 0.3) is 0 Å². The second-order valence-corrected chi connectivity index (χ2v) is 4.81. The van der Waals surface area contributed by atoms with E-state index in [1.807, 2.05) is 18.2 Å². The lowest BCUT2D eigenvalue weighted by Crippen LogP contribution is -2.13. The van der Waals surface area contributed by atoms with Gasteiger partial charge >= 0.3 is 0 Å². The van der Waals surface area contributed by atoms with Crippen LogP contribution in [0.15, 0.2) is 42.6 Å². The van der Waals surface area contributed by atoms with Crippen LogP contribution in [0.1, 0.15) is 36.2 Å². The SMILES string of the molecule is CCCc1cccc(C(N)c2ccc(Cl)cn2)c1. The maximum atomic E-state index is 6.23. The van der Waals surface area contributed by atoms with Crippen LogP contribution in [-0.4, -0.2) is 4.98 Å². The van der Waals surface area contributed by atoms with E-state index in [9.17, 15) is 0 Å². The van der Waals surface area contributed by atoms with Gasteiger partial charge in [-0.2, -0.15) is 0 Å². The van der Waals surface area contributed by atoms with E-state index in [0.717, 1.165) is 24.1 Å². The lowest BCUT2D eigenvalue weighted by atomic mass is 10.00. The third kappa shape index (κ3) is 3.09. The van der Waals surface area contributed by atoms with Crippen molar-refractivity contribution in [2.75, 3.05) is 0 Å². The molecule has 3 heteroatoms. The van der Waals surface area contributed by atoms with Crippen LogP contribution in [0, 0.1) is 0 Å². The first kappa shape index (κ1) is 13.1. The minimum atomic E-state index is -0.195. The van der Waals surface area contributed by atoms with E-state index in [2.05, 4.69) is 30.1 Å². The third-order valence-corrected chi connectivity index (χ3v) is 3.14. The molecule has 0 saturated carbocycles. The van der Waals surface area contributed by atoms with Gasteiger partial charge in [0.05, 0.1) is 16.8 Å². The molecule has 2 nitrogen and oxygen atoms in total. The molecular formula is C15H17ClN2. The average Bonchev–Trinajstić information content (AvgIpc) is 2.39. The van der Waals surface area contributed by atoms with E-state index in [0.29, 0.717) is 5.02 Å². The zero-order valence-electron chi connectivity index (χ0n) is 10.4. The fourth-order valence-corrected chi connectivity index (χ4v) is 2.08. The van der Waals surface area contributed by atoms with E-state index < -0.39 is 0 Å². The first-order valence-corrected chi connectivity index (χ1v) is 6.54. The summed E-state index contributed by atoms with van der Waals surface area (Å²) in [5, 5.41) is 0.630. The quantitative estimate of drug-likeness (QED) is 0.910. The number of aryl methyl sites for hydroxylation is 1. The second kappa shape index (κ2) is 5.98. The Morgan fingerprint density at radius 1 is 1.28 bits per heavy atom. The molecule has 0 radical (unpaired) electrons. The Labute approximate surface area is 113 Å². The summed E-state index contributed by atoms with van der Waals surface area (Å²) < 4.78 is 0. The lowest BCUT2D eigenvalue weighted by Gasteiger charge is -2.12. The molecule has 0 fully saturated rings. The third-order valence-electron chi connectivity index (χ3n) is 2.92.